The van der Waals surface area contributed by atoms with Gasteiger partial charge in [-0.05, 0) is 31.6 Å². The van der Waals surface area contributed by atoms with E-state index >= 15 is 0 Å². The third-order valence-electron chi connectivity index (χ3n) is 3.18. The third kappa shape index (κ3) is 2.71. The second kappa shape index (κ2) is 4.30. The Morgan fingerprint density at radius 3 is 2.57 bits per heavy atom. The monoisotopic (exact) mass is 196 g/mol. The first-order valence-electron chi connectivity index (χ1n) is 5.77. The fourth-order valence-corrected chi connectivity index (χ4v) is 2.02. The minimum atomic E-state index is 0.258. The summed E-state index contributed by atoms with van der Waals surface area (Å²) in [5.41, 5.74) is 0. The van der Waals surface area contributed by atoms with Gasteiger partial charge in [0.05, 0.1) is 0 Å². The number of carbonyl (C=O) groups excluding carboxylic acids is 1. The Hall–Kier alpha value is -0.570. The number of amides is 1. The zero-order chi connectivity index (χ0) is 9.97. The van der Waals surface area contributed by atoms with E-state index < -0.39 is 0 Å². The molecule has 80 valence electrons. The molecule has 2 rings (SSSR count). The molecule has 0 unspecified atom stereocenters. The number of nitrogens with one attached hydrogen (secondary N) is 2. The van der Waals surface area contributed by atoms with E-state index in [1.807, 2.05) is 0 Å². The van der Waals surface area contributed by atoms with Gasteiger partial charge in [-0.1, -0.05) is 6.92 Å². The fraction of sp³-hybridized carbons (Fsp3) is 0.909. The molecule has 0 aromatic heterocycles. The summed E-state index contributed by atoms with van der Waals surface area (Å²) >= 11 is 0. The van der Waals surface area contributed by atoms with Gasteiger partial charge in [0.1, 0.15) is 0 Å². The smallest absolute Gasteiger partial charge is 0.223 e. The van der Waals surface area contributed by atoms with Crippen LogP contribution >= 0.6 is 0 Å². The molecule has 2 N–H and O–H groups in total. The van der Waals surface area contributed by atoms with E-state index in [4.69, 9.17) is 0 Å². The highest BCUT2D eigenvalue weighted by Crippen LogP contribution is 2.28. The molecule has 0 aromatic carbocycles. The van der Waals surface area contributed by atoms with Gasteiger partial charge in [0.2, 0.25) is 5.91 Å². The molecule has 14 heavy (non-hydrogen) atoms. The lowest BCUT2D eigenvalue weighted by Crippen LogP contribution is -2.43. The Labute approximate surface area is 85.6 Å². The maximum Gasteiger partial charge on any atom is 0.223 e. The molecular weight excluding hydrogens is 176 g/mol. The predicted molar refractivity (Wildman–Crippen MR) is 55.9 cm³/mol. The van der Waals surface area contributed by atoms with Crippen molar-refractivity contribution in [1.29, 1.82) is 0 Å². The van der Waals surface area contributed by atoms with Crippen LogP contribution in [-0.2, 0) is 4.79 Å². The summed E-state index contributed by atoms with van der Waals surface area (Å²) in [6.07, 6.45) is 4.80. The third-order valence-corrected chi connectivity index (χ3v) is 3.18. The Morgan fingerprint density at radius 1 is 1.29 bits per heavy atom. The summed E-state index contributed by atoms with van der Waals surface area (Å²) in [5, 5.41) is 6.41. The second-order valence-corrected chi connectivity index (χ2v) is 4.79. The Balaban J connectivity index is 1.45. The molecule has 0 heterocycles. The van der Waals surface area contributed by atoms with Gasteiger partial charge in [-0.15, -0.1) is 0 Å². The molecule has 0 spiro atoms. The van der Waals surface area contributed by atoms with Crippen molar-refractivity contribution in [2.24, 2.45) is 11.8 Å². The van der Waals surface area contributed by atoms with Crippen LogP contribution in [0.15, 0.2) is 0 Å². The first-order chi connectivity index (χ1) is 6.75. The summed E-state index contributed by atoms with van der Waals surface area (Å²) in [5.74, 6) is 1.50. The van der Waals surface area contributed by atoms with Crippen molar-refractivity contribution in [2.75, 3.05) is 13.1 Å². The molecule has 2 saturated carbocycles. The van der Waals surface area contributed by atoms with Gasteiger partial charge in [-0.2, -0.15) is 0 Å². The lowest BCUT2D eigenvalue weighted by atomic mass is 9.82. The predicted octanol–water partition coefficient (Wildman–Crippen LogP) is 0.901. The van der Waals surface area contributed by atoms with Crippen LogP contribution in [-0.4, -0.2) is 25.0 Å². The lowest BCUT2D eigenvalue weighted by molar-refractivity contribution is -0.122. The molecule has 0 atom stereocenters. The molecule has 0 aliphatic heterocycles. The van der Waals surface area contributed by atoms with Crippen molar-refractivity contribution in [1.82, 2.24) is 10.6 Å². The Kier molecular flexibility index (Phi) is 3.06. The van der Waals surface area contributed by atoms with Crippen molar-refractivity contribution < 1.29 is 4.79 Å². The molecule has 3 nitrogen and oxygen atoms in total. The van der Waals surface area contributed by atoms with E-state index in [-0.39, 0.29) is 5.91 Å². The van der Waals surface area contributed by atoms with E-state index in [2.05, 4.69) is 17.6 Å². The van der Waals surface area contributed by atoms with Crippen LogP contribution in [0.1, 0.15) is 32.6 Å². The molecular formula is C11H20N2O. The number of hydrogen-bond acceptors (Lipinski definition) is 2. The highest BCUT2D eigenvalue weighted by Gasteiger charge is 2.29. The molecule has 0 aromatic rings. The summed E-state index contributed by atoms with van der Waals surface area (Å²) in [4.78, 5) is 11.2. The van der Waals surface area contributed by atoms with Gasteiger partial charge in [-0.25, -0.2) is 0 Å². The first kappa shape index (κ1) is 9.97. The van der Waals surface area contributed by atoms with Crippen LogP contribution in [0.25, 0.3) is 0 Å². The number of hydrogen-bond donors (Lipinski definition) is 2. The van der Waals surface area contributed by atoms with E-state index in [9.17, 15) is 4.79 Å². The van der Waals surface area contributed by atoms with Crippen molar-refractivity contribution >= 4 is 5.91 Å². The van der Waals surface area contributed by atoms with Crippen LogP contribution in [0.4, 0.5) is 0 Å². The summed E-state index contributed by atoms with van der Waals surface area (Å²) in [7, 11) is 0. The average molecular weight is 196 g/mol. The van der Waals surface area contributed by atoms with E-state index in [1.165, 1.54) is 12.8 Å². The van der Waals surface area contributed by atoms with Gasteiger partial charge in [0.15, 0.2) is 0 Å². The van der Waals surface area contributed by atoms with Crippen molar-refractivity contribution in [2.45, 2.75) is 38.6 Å². The van der Waals surface area contributed by atoms with Gasteiger partial charge in [0.25, 0.3) is 0 Å². The minimum absolute atomic E-state index is 0.258. The van der Waals surface area contributed by atoms with Gasteiger partial charge in [-0.3, -0.25) is 4.79 Å². The van der Waals surface area contributed by atoms with Gasteiger partial charge < -0.3 is 10.6 Å². The fourth-order valence-electron chi connectivity index (χ4n) is 2.02. The molecule has 2 aliphatic rings. The summed E-state index contributed by atoms with van der Waals surface area (Å²) < 4.78 is 0. The average Bonchev–Trinajstić information content (AvgIpc) is 2.91. The number of rotatable bonds is 5. The maximum absolute atomic E-state index is 11.2. The van der Waals surface area contributed by atoms with Crippen LogP contribution in [0, 0.1) is 11.8 Å². The first-order valence-corrected chi connectivity index (χ1v) is 5.77. The van der Waals surface area contributed by atoms with Crippen molar-refractivity contribution in [3.63, 3.8) is 0 Å². The highest BCUT2D eigenvalue weighted by atomic mass is 16.2. The standard InChI is InChI=1S/C11H20N2O/c1-8-6-10(7-8)12-4-5-13-11(14)9-2-3-9/h8-10,12H,2-7H2,1H3,(H,13,14). The van der Waals surface area contributed by atoms with Crippen LogP contribution in [0.5, 0.6) is 0 Å². The largest absolute Gasteiger partial charge is 0.355 e. The van der Waals surface area contributed by atoms with E-state index in [0.717, 1.165) is 31.8 Å². The van der Waals surface area contributed by atoms with E-state index in [0.29, 0.717) is 12.0 Å². The molecule has 0 saturated heterocycles. The summed E-state index contributed by atoms with van der Waals surface area (Å²) in [6, 6.07) is 0.711. The molecule has 3 heteroatoms. The summed E-state index contributed by atoms with van der Waals surface area (Å²) in [6.45, 7) is 4.00. The minimum Gasteiger partial charge on any atom is -0.355 e. The molecule has 1 amide bonds. The number of carbonyl (C=O) groups is 1. The quantitative estimate of drug-likeness (QED) is 0.641. The zero-order valence-corrected chi connectivity index (χ0v) is 8.88. The van der Waals surface area contributed by atoms with Crippen LogP contribution in [0.3, 0.4) is 0 Å². The zero-order valence-electron chi connectivity index (χ0n) is 8.88. The van der Waals surface area contributed by atoms with E-state index in [1.54, 1.807) is 0 Å². The SMILES string of the molecule is CC1CC(NCCNC(=O)C2CC2)C1. The normalized spacial score (nSPS) is 30.9. The molecule has 2 aliphatic carbocycles. The van der Waals surface area contributed by atoms with Crippen LogP contribution in [0.2, 0.25) is 0 Å². The Morgan fingerprint density at radius 2 is 2.00 bits per heavy atom. The molecule has 0 bridgehead atoms. The highest BCUT2D eigenvalue weighted by molar-refractivity contribution is 5.80. The van der Waals surface area contributed by atoms with Crippen molar-refractivity contribution in [3.8, 4) is 0 Å². The van der Waals surface area contributed by atoms with Gasteiger partial charge >= 0.3 is 0 Å². The van der Waals surface area contributed by atoms with Crippen molar-refractivity contribution in [3.05, 3.63) is 0 Å². The van der Waals surface area contributed by atoms with Gasteiger partial charge in [0, 0.05) is 25.0 Å². The van der Waals surface area contributed by atoms with Crippen LogP contribution < -0.4 is 10.6 Å². The maximum atomic E-state index is 11.2. The topological polar surface area (TPSA) is 41.1 Å². The lowest BCUT2D eigenvalue weighted by Gasteiger charge is -2.33. The molecule has 0 radical (unpaired) electrons. The Bertz CT molecular complexity index is 207. The second-order valence-electron chi connectivity index (χ2n) is 4.79. The molecule has 2 fully saturated rings.